The van der Waals surface area contributed by atoms with E-state index in [2.05, 4.69) is 0 Å². The van der Waals surface area contributed by atoms with E-state index >= 15 is 0 Å². The zero-order chi connectivity index (χ0) is 13.3. The second-order valence-electron chi connectivity index (χ2n) is 3.11. The summed E-state index contributed by atoms with van der Waals surface area (Å²) in [6.07, 6.45) is -10.0. The summed E-state index contributed by atoms with van der Waals surface area (Å²) < 4.78 is 75.4. The van der Waals surface area contributed by atoms with Crippen LogP contribution in [0.4, 0.5) is 26.3 Å². The molecule has 0 radical (unpaired) electrons. The highest BCUT2D eigenvalue weighted by molar-refractivity contribution is 7.99. The Kier molecular flexibility index (Phi) is 4.01. The Morgan fingerprint density at radius 2 is 1.59 bits per heavy atom. The Morgan fingerprint density at radius 1 is 1.00 bits per heavy atom. The number of alkyl halides is 6. The highest BCUT2D eigenvalue weighted by Gasteiger charge is 2.44. The lowest BCUT2D eigenvalue weighted by Crippen LogP contribution is -2.17. The molecule has 96 valence electrons. The molecule has 0 aliphatic rings. The molecule has 0 spiro atoms. The molecule has 0 aromatic heterocycles. The Balaban J connectivity index is 3.46. The van der Waals surface area contributed by atoms with Gasteiger partial charge in [0.25, 0.3) is 0 Å². The van der Waals surface area contributed by atoms with Crippen LogP contribution in [0, 0.1) is 0 Å². The first kappa shape index (κ1) is 14.2. The molecule has 0 aliphatic heterocycles. The molecule has 1 aromatic carbocycles. The summed E-state index contributed by atoms with van der Waals surface area (Å²) in [5.74, 6) is 0.268. The number of hydrogen-bond acceptors (Lipinski definition) is 1. The third-order valence-electron chi connectivity index (χ3n) is 1.91. The van der Waals surface area contributed by atoms with Gasteiger partial charge in [0.15, 0.2) is 0 Å². The molecule has 0 atom stereocenters. The monoisotopic (exact) mass is 274 g/mol. The van der Waals surface area contributed by atoms with Crippen molar-refractivity contribution in [2.24, 2.45) is 0 Å². The smallest absolute Gasteiger partial charge is 0.166 e. The van der Waals surface area contributed by atoms with E-state index in [-0.39, 0.29) is 5.75 Å². The van der Waals surface area contributed by atoms with Gasteiger partial charge < -0.3 is 0 Å². The van der Waals surface area contributed by atoms with Gasteiger partial charge in [-0.25, -0.2) is 0 Å². The molecule has 0 aliphatic carbocycles. The average Bonchev–Trinajstić information content (AvgIpc) is 2.14. The van der Waals surface area contributed by atoms with E-state index in [1.165, 1.54) is 0 Å². The van der Waals surface area contributed by atoms with Gasteiger partial charge in [0.1, 0.15) is 0 Å². The van der Waals surface area contributed by atoms with Crippen LogP contribution in [0.3, 0.4) is 0 Å². The molecule has 0 bridgehead atoms. The molecule has 0 unspecified atom stereocenters. The van der Waals surface area contributed by atoms with Gasteiger partial charge in [-0.1, -0.05) is 13.0 Å². The van der Waals surface area contributed by atoms with Gasteiger partial charge in [-0.15, -0.1) is 11.8 Å². The standard InChI is InChI=1S/C10H8F6S/c1-2-17-7-5-3-4-6(9(11,12)13)8(7)10(14,15)16/h3-5H,2H2,1H3. The summed E-state index contributed by atoms with van der Waals surface area (Å²) >= 11 is 0.739. The van der Waals surface area contributed by atoms with Crippen LogP contribution in [0.15, 0.2) is 23.1 Å². The predicted octanol–water partition coefficient (Wildman–Crippen LogP) is 4.84. The van der Waals surface area contributed by atoms with Crippen LogP contribution in [0.25, 0.3) is 0 Å². The lowest BCUT2D eigenvalue weighted by molar-refractivity contribution is -0.163. The van der Waals surface area contributed by atoms with Crippen molar-refractivity contribution in [1.82, 2.24) is 0 Å². The Hall–Kier alpha value is -0.850. The van der Waals surface area contributed by atoms with Gasteiger partial charge in [-0.05, 0) is 17.9 Å². The summed E-state index contributed by atoms with van der Waals surface area (Å²) in [6.45, 7) is 1.57. The van der Waals surface area contributed by atoms with Gasteiger partial charge in [-0.3, -0.25) is 0 Å². The Bertz CT molecular complexity index is 393. The van der Waals surface area contributed by atoms with Crippen LogP contribution in [-0.4, -0.2) is 5.75 Å². The minimum Gasteiger partial charge on any atom is -0.166 e. The van der Waals surface area contributed by atoms with Gasteiger partial charge in [0.2, 0.25) is 0 Å². The van der Waals surface area contributed by atoms with Crippen molar-refractivity contribution < 1.29 is 26.3 Å². The maximum absolute atomic E-state index is 12.6. The number of rotatable bonds is 2. The van der Waals surface area contributed by atoms with Gasteiger partial charge in [-0.2, -0.15) is 26.3 Å². The lowest BCUT2D eigenvalue weighted by atomic mass is 10.1. The molecule has 0 amide bonds. The summed E-state index contributed by atoms with van der Waals surface area (Å²) in [6, 6.07) is 2.48. The second-order valence-corrected chi connectivity index (χ2v) is 4.41. The van der Waals surface area contributed by atoms with Gasteiger partial charge in [0, 0.05) is 4.90 Å². The molecule has 7 heteroatoms. The Morgan fingerprint density at radius 3 is 2.00 bits per heavy atom. The molecule has 0 heterocycles. The van der Waals surface area contributed by atoms with Crippen LogP contribution >= 0.6 is 11.8 Å². The number of hydrogen-bond donors (Lipinski definition) is 0. The Labute approximate surface area is 98.0 Å². The van der Waals surface area contributed by atoms with Crippen LogP contribution in [0.1, 0.15) is 18.1 Å². The first-order valence-electron chi connectivity index (χ1n) is 4.58. The topological polar surface area (TPSA) is 0 Å². The highest BCUT2D eigenvalue weighted by Crippen LogP contribution is 2.44. The van der Waals surface area contributed by atoms with Crippen molar-refractivity contribution in [3.05, 3.63) is 29.3 Å². The maximum Gasteiger partial charge on any atom is 0.418 e. The molecular weight excluding hydrogens is 266 g/mol. The second kappa shape index (κ2) is 4.80. The largest absolute Gasteiger partial charge is 0.418 e. The zero-order valence-corrected chi connectivity index (χ0v) is 9.43. The van der Waals surface area contributed by atoms with Crippen molar-refractivity contribution in [2.75, 3.05) is 5.75 Å². The first-order chi connectivity index (χ1) is 7.68. The minimum absolute atomic E-state index is 0.268. The van der Waals surface area contributed by atoms with Crippen LogP contribution in [0.2, 0.25) is 0 Å². The summed E-state index contributed by atoms with van der Waals surface area (Å²) in [7, 11) is 0. The van der Waals surface area contributed by atoms with Crippen LogP contribution in [0.5, 0.6) is 0 Å². The molecule has 0 saturated carbocycles. The molecule has 0 fully saturated rings. The normalized spacial score (nSPS) is 12.9. The molecule has 0 nitrogen and oxygen atoms in total. The van der Waals surface area contributed by atoms with Crippen molar-refractivity contribution in [3.63, 3.8) is 0 Å². The van der Waals surface area contributed by atoms with E-state index in [0.717, 1.165) is 23.9 Å². The van der Waals surface area contributed by atoms with E-state index in [4.69, 9.17) is 0 Å². The number of benzene rings is 1. The van der Waals surface area contributed by atoms with E-state index in [1.54, 1.807) is 6.92 Å². The van der Waals surface area contributed by atoms with Crippen molar-refractivity contribution in [3.8, 4) is 0 Å². The minimum atomic E-state index is -5.01. The third-order valence-corrected chi connectivity index (χ3v) is 2.85. The van der Waals surface area contributed by atoms with Crippen LogP contribution < -0.4 is 0 Å². The van der Waals surface area contributed by atoms with E-state index in [0.29, 0.717) is 6.07 Å². The number of thioether (sulfide) groups is 1. The van der Waals surface area contributed by atoms with Gasteiger partial charge in [0.05, 0.1) is 11.1 Å². The average molecular weight is 274 g/mol. The molecule has 1 aromatic rings. The van der Waals surface area contributed by atoms with Gasteiger partial charge >= 0.3 is 12.4 Å². The molecular formula is C10H8F6S. The van der Waals surface area contributed by atoms with E-state index in [9.17, 15) is 26.3 Å². The van der Waals surface area contributed by atoms with E-state index in [1.807, 2.05) is 0 Å². The fourth-order valence-electron chi connectivity index (χ4n) is 1.34. The number of halogens is 6. The lowest BCUT2D eigenvalue weighted by Gasteiger charge is -2.18. The van der Waals surface area contributed by atoms with Crippen molar-refractivity contribution in [1.29, 1.82) is 0 Å². The summed E-state index contributed by atoms with van der Waals surface area (Å²) in [5.41, 5.74) is -3.23. The molecule has 1 rings (SSSR count). The predicted molar refractivity (Wildman–Crippen MR) is 52.8 cm³/mol. The highest BCUT2D eigenvalue weighted by atomic mass is 32.2. The fraction of sp³-hybridized carbons (Fsp3) is 0.400. The quantitative estimate of drug-likeness (QED) is 0.549. The zero-order valence-electron chi connectivity index (χ0n) is 8.62. The molecule has 0 saturated heterocycles. The summed E-state index contributed by atoms with van der Waals surface area (Å²) in [4.78, 5) is -0.394. The van der Waals surface area contributed by atoms with Crippen molar-refractivity contribution in [2.45, 2.75) is 24.2 Å². The molecule has 17 heavy (non-hydrogen) atoms. The van der Waals surface area contributed by atoms with Crippen LogP contribution in [-0.2, 0) is 12.4 Å². The summed E-state index contributed by atoms with van der Waals surface area (Å²) in [5, 5.41) is 0. The SMILES string of the molecule is CCSc1cccc(C(F)(F)F)c1C(F)(F)F. The maximum atomic E-state index is 12.6. The fourth-order valence-corrected chi connectivity index (χ4v) is 2.19. The molecule has 0 N–H and O–H groups in total. The first-order valence-corrected chi connectivity index (χ1v) is 5.56. The van der Waals surface area contributed by atoms with Crippen molar-refractivity contribution >= 4 is 11.8 Å². The van der Waals surface area contributed by atoms with E-state index < -0.39 is 28.4 Å². The third kappa shape index (κ3) is 3.31.